The van der Waals surface area contributed by atoms with Gasteiger partial charge in [-0.2, -0.15) is 0 Å². The summed E-state index contributed by atoms with van der Waals surface area (Å²) >= 11 is 1.64. The van der Waals surface area contributed by atoms with Crippen molar-refractivity contribution in [2.45, 2.75) is 71.4 Å². The zero-order chi connectivity index (χ0) is 25.2. The monoisotopic (exact) mass is 500 g/mol. The Kier molecular flexibility index (Phi) is 10.5. The smallest absolute Gasteiger partial charge is 0.242 e. The van der Waals surface area contributed by atoms with Crippen LogP contribution < -0.4 is 9.47 Å². The van der Waals surface area contributed by atoms with E-state index in [4.69, 9.17) is 9.47 Å². The van der Waals surface area contributed by atoms with E-state index in [9.17, 15) is 9.59 Å². The van der Waals surface area contributed by atoms with E-state index in [1.807, 2.05) is 54.5 Å². The molecule has 0 N–H and O–H groups in total. The molecule has 1 aliphatic carbocycles. The zero-order valence-electron chi connectivity index (χ0n) is 21.6. The summed E-state index contributed by atoms with van der Waals surface area (Å²) in [5.74, 6) is 2.12. The minimum Gasteiger partial charge on any atom is -0.493 e. The number of benzene rings is 1. The number of hydrogen-bond acceptors (Lipinski definition) is 5. The summed E-state index contributed by atoms with van der Waals surface area (Å²) < 4.78 is 10.8. The molecule has 1 aromatic heterocycles. The number of thiophene rings is 1. The van der Waals surface area contributed by atoms with Crippen molar-refractivity contribution in [1.29, 1.82) is 0 Å². The van der Waals surface area contributed by atoms with Crippen LogP contribution in [-0.4, -0.2) is 55.0 Å². The fourth-order valence-corrected chi connectivity index (χ4v) is 5.48. The molecule has 0 saturated heterocycles. The molecule has 1 heterocycles. The molecule has 0 unspecified atom stereocenters. The molecule has 1 aliphatic rings. The first-order valence-corrected chi connectivity index (χ1v) is 13.6. The molecule has 0 radical (unpaired) electrons. The van der Waals surface area contributed by atoms with Crippen molar-refractivity contribution in [3.63, 3.8) is 0 Å². The number of rotatable bonds is 13. The fraction of sp³-hybridized carbons (Fsp3) is 0.571. The molecule has 1 saturated carbocycles. The van der Waals surface area contributed by atoms with Crippen LogP contribution in [-0.2, 0) is 22.6 Å². The van der Waals surface area contributed by atoms with Gasteiger partial charge >= 0.3 is 0 Å². The van der Waals surface area contributed by atoms with Crippen molar-refractivity contribution >= 4 is 23.2 Å². The summed E-state index contributed by atoms with van der Waals surface area (Å²) in [6.07, 6.45) is 7.19. The summed E-state index contributed by atoms with van der Waals surface area (Å²) in [5, 5.41) is 2.03. The van der Waals surface area contributed by atoms with Gasteiger partial charge in [0, 0.05) is 23.9 Å². The number of amides is 2. The highest BCUT2D eigenvalue weighted by Gasteiger charge is 2.25. The van der Waals surface area contributed by atoms with Gasteiger partial charge in [0.25, 0.3) is 0 Å². The van der Waals surface area contributed by atoms with Gasteiger partial charge in [-0.05, 0) is 61.7 Å². The predicted octanol–water partition coefficient (Wildman–Crippen LogP) is 5.54. The molecular formula is C28H40N2O4S. The van der Waals surface area contributed by atoms with Crippen molar-refractivity contribution in [3.05, 3.63) is 46.2 Å². The maximum Gasteiger partial charge on any atom is 0.242 e. The van der Waals surface area contributed by atoms with Gasteiger partial charge in [-0.3, -0.25) is 9.59 Å². The molecule has 0 spiro atoms. The lowest BCUT2D eigenvalue weighted by Crippen LogP contribution is -2.46. The van der Waals surface area contributed by atoms with E-state index in [0.29, 0.717) is 43.3 Å². The Morgan fingerprint density at radius 3 is 2.43 bits per heavy atom. The van der Waals surface area contributed by atoms with Crippen LogP contribution in [0.25, 0.3) is 0 Å². The number of carbonyl (C=O) groups excluding carboxylic acids is 2. The highest BCUT2D eigenvalue weighted by molar-refractivity contribution is 7.09. The first-order chi connectivity index (χ1) is 16.9. The van der Waals surface area contributed by atoms with E-state index in [1.54, 1.807) is 30.5 Å². The standard InChI is InChI=1S/C28H40N2O4S/c1-21(2)30(27(31)14-12-22-8-5-6-9-22)20-28(32)29(19-24-10-7-17-35-24)16-15-23-11-13-25(33-3)26(18-23)34-4/h7,10-11,13,17-18,21-22H,5-6,8-9,12,14-16,19-20H2,1-4H3. The van der Waals surface area contributed by atoms with Gasteiger partial charge in [0.15, 0.2) is 11.5 Å². The molecule has 1 fully saturated rings. The number of hydrogen-bond donors (Lipinski definition) is 0. The molecule has 0 atom stereocenters. The second-order valence-electron chi connectivity index (χ2n) is 9.64. The number of carbonyl (C=O) groups is 2. The summed E-state index contributed by atoms with van der Waals surface area (Å²) in [7, 11) is 3.24. The Morgan fingerprint density at radius 2 is 1.80 bits per heavy atom. The fourth-order valence-electron chi connectivity index (χ4n) is 4.76. The topological polar surface area (TPSA) is 59.1 Å². The molecule has 1 aromatic carbocycles. The second-order valence-corrected chi connectivity index (χ2v) is 10.7. The third-order valence-corrected chi connectivity index (χ3v) is 7.75. The summed E-state index contributed by atoms with van der Waals surface area (Å²) in [6.45, 7) is 5.22. The maximum absolute atomic E-state index is 13.5. The lowest BCUT2D eigenvalue weighted by molar-refractivity contribution is -0.142. The molecule has 2 aromatic rings. The molecule has 0 bridgehead atoms. The average Bonchev–Trinajstić information content (AvgIpc) is 3.57. The lowest BCUT2D eigenvalue weighted by atomic mass is 10.0. The molecule has 2 amide bonds. The van der Waals surface area contributed by atoms with E-state index in [0.717, 1.165) is 16.9 Å². The van der Waals surface area contributed by atoms with Gasteiger partial charge < -0.3 is 19.3 Å². The minimum atomic E-state index is -0.0122. The number of methoxy groups -OCH3 is 2. The summed E-state index contributed by atoms with van der Waals surface area (Å²) in [4.78, 5) is 31.3. The van der Waals surface area contributed by atoms with Crippen molar-refractivity contribution in [1.82, 2.24) is 9.80 Å². The predicted molar refractivity (Wildman–Crippen MR) is 141 cm³/mol. The van der Waals surface area contributed by atoms with E-state index >= 15 is 0 Å². The zero-order valence-corrected chi connectivity index (χ0v) is 22.4. The van der Waals surface area contributed by atoms with Gasteiger partial charge in [0.2, 0.25) is 11.8 Å². The number of nitrogens with zero attached hydrogens (tertiary/aromatic N) is 2. The van der Waals surface area contributed by atoms with Gasteiger partial charge in [-0.1, -0.05) is 37.8 Å². The maximum atomic E-state index is 13.5. The highest BCUT2D eigenvalue weighted by Crippen LogP contribution is 2.29. The van der Waals surface area contributed by atoms with Crippen molar-refractivity contribution in [3.8, 4) is 11.5 Å². The van der Waals surface area contributed by atoms with Crippen LogP contribution in [0.3, 0.4) is 0 Å². The Morgan fingerprint density at radius 1 is 1.06 bits per heavy atom. The second kappa shape index (κ2) is 13.5. The lowest BCUT2D eigenvalue weighted by Gasteiger charge is -2.30. The van der Waals surface area contributed by atoms with E-state index in [-0.39, 0.29) is 24.4 Å². The molecule has 35 heavy (non-hydrogen) atoms. The van der Waals surface area contributed by atoms with Crippen molar-refractivity contribution in [2.75, 3.05) is 27.3 Å². The number of ether oxygens (including phenoxy) is 2. The highest BCUT2D eigenvalue weighted by atomic mass is 32.1. The van der Waals surface area contributed by atoms with Crippen molar-refractivity contribution < 1.29 is 19.1 Å². The van der Waals surface area contributed by atoms with Gasteiger partial charge in [-0.25, -0.2) is 0 Å². The van der Waals surface area contributed by atoms with Crippen LogP contribution >= 0.6 is 11.3 Å². The van der Waals surface area contributed by atoms with Gasteiger partial charge in [0.05, 0.1) is 27.3 Å². The van der Waals surface area contributed by atoms with Crippen LogP contribution in [0.15, 0.2) is 35.7 Å². The summed E-state index contributed by atoms with van der Waals surface area (Å²) in [5.41, 5.74) is 1.07. The van der Waals surface area contributed by atoms with E-state index < -0.39 is 0 Å². The van der Waals surface area contributed by atoms with E-state index in [2.05, 4.69) is 0 Å². The molecule has 7 heteroatoms. The molecule has 192 valence electrons. The Bertz CT molecular complexity index is 938. The summed E-state index contributed by atoms with van der Waals surface area (Å²) in [6, 6.07) is 9.90. The van der Waals surface area contributed by atoms with Crippen LogP contribution in [0.5, 0.6) is 11.5 Å². The quantitative estimate of drug-likeness (QED) is 0.362. The van der Waals surface area contributed by atoms with E-state index in [1.165, 1.54) is 25.7 Å². The van der Waals surface area contributed by atoms with Crippen molar-refractivity contribution in [2.24, 2.45) is 5.92 Å². The Labute approximate surface area is 214 Å². The normalized spacial score (nSPS) is 13.7. The van der Waals surface area contributed by atoms with Gasteiger partial charge in [-0.15, -0.1) is 11.3 Å². The Hall–Kier alpha value is -2.54. The molecule has 3 rings (SSSR count). The van der Waals surface area contributed by atoms with Crippen LogP contribution in [0.1, 0.15) is 62.8 Å². The minimum absolute atomic E-state index is 0.00975. The first-order valence-electron chi connectivity index (χ1n) is 12.7. The van der Waals surface area contributed by atoms with Gasteiger partial charge in [0.1, 0.15) is 0 Å². The first kappa shape index (κ1) is 27.1. The van der Waals surface area contributed by atoms with Crippen LogP contribution in [0, 0.1) is 5.92 Å². The van der Waals surface area contributed by atoms with Crippen LogP contribution in [0.4, 0.5) is 0 Å². The molecule has 6 nitrogen and oxygen atoms in total. The molecular weight excluding hydrogens is 460 g/mol. The third-order valence-electron chi connectivity index (χ3n) is 6.89. The molecule has 0 aliphatic heterocycles. The third kappa shape index (κ3) is 7.99. The SMILES string of the molecule is COc1ccc(CCN(Cc2cccs2)C(=O)CN(C(=O)CCC2CCCC2)C(C)C)cc1OC. The average molecular weight is 501 g/mol. The van der Waals surface area contributed by atoms with Crippen LogP contribution in [0.2, 0.25) is 0 Å². The largest absolute Gasteiger partial charge is 0.493 e. The Balaban J connectivity index is 1.66.